The van der Waals surface area contributed by atoms with E-state index < -0.39 is 9.84 Å². The van der Waals surface area contributed by atoms with E-state index in [1.165, 1.54) is 32.1 Å². The van der Waals surface area contributed by atoms with Crippen molar-refractivity contribution in [1.29, 1.82) is 0 Å². The molecule has 0 radical (unpaired) electrons. The van der Waals surface area contributed by atoms with Crippen molar-refractivity contribution in [3.05, 3.63) is 0 Å². The predicted octanol–water partition coefficient (Wildman–Crippen LogP) is 2.11. The normalized spacial score (nSPS) is 31.3. The summed E-state index contributed by atoms with van der Waals surface area (Å²) in [5.41, 5.74) is 0. The Labute approximate surface area is 146 Å². The lowest BCUT2D eigenvalue weighted by Crippen LogP contribution is -2.50. The summed E-state index contributed by atoms with van der Waals surface area (Å²) in [5.74, 6) is 1.16. The van der Waals surface area contributed by atoms with Crippen LogP contribution in [0.15, 0.2) is 0 Å². The Hall–Kier alpha value is -0.620. The Morgan fingerprint density at radius 2 is 1.71 bits per heavy atom. The molecule has 2 aliphatic heterocycles. The van der Waals surface area contributed by atoms with Gasteiger partial charge in [0, 0.05) is 12.5 Å². The Bertz CT molecular complexity index is 522. The summed E-state index contributed by atoms with van der Waals surface area (Å²) in [6.45, 7) is 1.93. The van der Waals surface area contributed by atoms with Crippen molar-refractivity contribution in [3.63, 3.8) is 0 Å². The minimum Gasteiger partial charge on any atom is -0.351 e. The summed E-state index contributed by atoms with van der Waals surface area (Å²) in [4.78, 5) is 14.5. The molecule has 3 fully saturated rings. The van der Waals surface area contributed by atoms with Crippen LogP contribution in [0.5, 0.6) is 0 Å². The van der Waals surface area contributed by atoms with E-state index in [4.69, 9.17) is 0 Å². The first-order valence-electron chi connectivity index (χ1n) is 9.77. The molecule has 3 aliphatic rings. The molecule has 1 N–H and O–H groups in total. The van der Waals surface area contributed by atoms with Gasteiger partial charge in [-0.1, -0.05) is 32.1 Å². The lowest BCUT2D eigenvalue weighted by Gasteiger charge is -2.28. The average Bonchev–Trinajstić information content (AvgIpc) is 3.16. The number of sulfone groups is 1. The van der Waals surface area contributed by atoms with Crippen molar-refractivity contribution in [2.45, 2.75) is 76.3 Å². The molecular formula is C18H32N2O3S. The molecule has 2 atom stereocenters. The molecule has 2 saturated heterocycles. The number of amides is 1. The van der Waals surface area contributed by atoms with Crippen LogP contribution in [0.1, 0.15) is 64.2 Å². The molecule has 5 nitrogen and oxygen atoms in total. The minimum absolute atomic E-state index is 0.0141. The maximum absolute atomic E-state index is 12.3. The van der Waals surface area contributed by atoms with Crippen LogP contribution in [0, 0.1) is 5.92 Å². The number of likely N-dealkylation sites (tertiary alicyclic amines) is 1. The largest absolute Gasteiger partial charge is 0.351 e. The molecule has 6 heteroatoms. The highest BCUT2D eigenvalue weighted by molar-refractivity contribution is 7.91. The molecule has 0 aromatic carbocycles. The van der Waals surface area contributed by atoms with Gasteiger partial charge in [-0.2, -0.15) is 0 Å². The van der Waals surface area contributed by atoms with Crippen LogP contribution >= 0.6 is 0 Å². The van der Waals surface area contributed by atoms with Crippen molar-refractivity contribution in [2.75, 3.05) is 24.6 Å². The molecule has 0 aromatic rings. The molecule has 3 rings (SSSR count). The maximum atomic E-state index is 12.3. The van der Waals surface area contributed by atoms with Gasteiger partial charge in [0.15, 0.2) is 9.84 Å². The third-order valence-corrected chi connectivity index (χ3v) is 7.74. The lowest BCUT2D eigenvalue weighted by atomic mass is 9.86. The van der Waals surface area contributed by atoms with E-state index in [-0.39, 0.29) is 29.5 Å². The summed E-state index contributed by atoms with van der Waals surface area (Å²) >= 11 is 0. The van der Waals surface area contributed by atoms with Crippen molar-refractivity contribution in [3.8, 4) is 0 Å². The standard InChI is InChI=1S/C18H32N2O3S/c21-18(10-6-9-15-7-2-1-3-8-15)19-16-13-24(22,23)14-17(16)20-11-4-5-12-20/h15-17H,1-14H2,(H,19,21). The minimum atomic E-state index is -3.02. The third kappa shape index (κ3) is 4.94. The zero-order valence-electron chi connectivity index (χ0n) is 14.7. The first-order chi connectivity index (χ1) is 11.5. The number of rotatable bonds is 6. The van der Waals surface area contributed by atoms with E-state index in [1.807, 2.05) is 0 Å². The average molecular weight is 357 g/mol. The third-order valence-electron chi connectivity index (χ3n) is 6.02. The van der Waals surface area contributed by atoms with Gasteiger partial charge in [-0.25, -0.2) is 8.42 Å². The van der Waals surface area contributed by atoms with Crippen LogP contribution in [0.3, 0.4) is 0 Å². The molecule has 1 amide bonds. The smallest absolute Gasteiger partial charge is 0.220 e. The molecule has 0 spiro atoms. The van der Waals surface area contributed by atoms with E-state index in [0.717, 1.165) is 44.7 Å². The first-order valence-corrected chi connectivity index (χ1v) is 11.6. The number of nitrogens with zero attached hydrogens (tertiary/aromatic N) is 1. The second-order valence-electron chi connectivity index (χ2n) is 7.96. The maximum Gasteiger partial charge on any atom is 0.220 e. The van der Waals surface area contributed by atoms with Crippen molar-refractivity contribution in [1.82, 2.24) is 10.2 Å². The first kappa shape index (κ1) is 18.2. The van der Waals surface area contributed by atoms with Gasteiger partial charge >= 0.3 is 0 Å². The van der Waals surface area contributed by atoms with Crippen LogP contribution in [-0.2, 0) is 14.6 Å². The lowest BCUT2D eigenvalue weighted by molar-refractivity contribution is -0.122. The Kier molecular flexibility index (Phi) is 6.19. The molecule has 0 bridgehead atoms. The molecule has 2 unspecified atom stereocenters. The topological polar surface area (TPSA) is 66.5 Å². The highest BCUT2D eigenvalue weighted by Crippen LogP contribution is 2.28. The summed E-state index contributed by atoms with van der Waals surface area (Å²) in [6.07, 6.45) is 11.6. The Morgan fingerprint density at radius 1 is 1.00 bits per heavy atom. The monoisotopic (exact) mass is 356 g/mol. The second-order valence-corrected chi connectivity index (χ2v) is 10.1. The van der Waals surface area contributed by atoms with E-state index in [2.05, 4.69) is 10.2 Å². The van der Waals surface area contributed by atoms with Gasteiger partial charge in [0.25, 0.3) is 0 Å². The van der Waals surface area contributed by atoms with Gasteiger partial charge in [-0.3, -0.25) is 9.69 Å². The van der Waals surface area contributed by atoms with Crippen LogP contribution in [-0.4, -0.2) is 55.9 Å². The zero-order chi connectivity index (χ0) is 17.0. The molecule has 138 valence electrons. The molecule has 2 heterocycles. The highest BCUT2D eigenvalue weighted by atomic mass is 32.2. The fourth-order valence-electron chi connectivity index (χ4n) is 4.71. The fourth-order valence-corrected chi connectivity index (χ4v) is 6.66. The van der Waals surface area contributed by atoms with E-state index in [0.29, 0.717) is 6.42 Å². The Balaban J connectivity index is 1.45. The predicted molar refractivity (Wildman–Crippen MR) is 95.6 cm³/mol. The zero-order valence-corrected chi connectivity index (χ0v) is 15.5. The number of hydrogen-bond donors (Lipinski definition) is 1. The van der Waals surface area contributed by atoms with E-state index >= 15 is 0 Å². The molecule has 24 heavy (non-hydrogen) atoms. The second kappa shape index (κ2) is 8.17. The summed E-state index contributed by atoms with van der Waals surface area (Å²) < 4.78 is 24.1. The van der Waals surface area contributed by atoms with E-state index in [9.17, 15) is 13.2 Å². The van der Waals surface area contributed by atoms with Gasteiger partial charge in [0.05, 0.1) is 17.5 Å². The van der Waals surface area contributed by atoms with Crippen molar-refractivity contribution < 1.29 is 13.2 Å². The highest BCUT2D eigenvalue weighted by Gasteiger charge is 2.42. The van der Waals surface area contributed by atoms with Gasteiger partial charge < -0.3 is 5.32 Å². The number of hydrogen-bond acceptors (Lipinski definition) is 4. The fraction of sp³-hybridized carbons (Fsp3) is 0.944. The molecular weight excluding hydrogens is 324 g/mol. The number of carbonyl (C=O) groups excluding carboxylic acids is 1. The quantitative estimate of drug-likeness (QED) is 0.792. The van der Waals surface area contributed by atoms with Crippen LogP contribution in [0.25, 0.3) is 0 Å². The van der Waals surface area contributed by atoms with E-state index in [1.54, 1.807) is 0 Å². The SMILES string of the molecule is O=C(CCCC1CCCCC1)NC1CS(=O)(=O)CC1N1CCCC1. The van der Waals surface area contributed by atoms with Crippen molar-refractivity contribution >= 4 is 15.7 Å². The van der Waals surface area contributed by atoms with Crippen LogP contribution < -0.4 is 5.32 Å². The molecule has 1 saturated carbocycles. The summed E-state index contributed by atoms with van der Waals surface area (Å²) in [7, 11) is -3.02. The molecule has 1 aliphatic carbocycles. The molecule has 0 aromatic heterocycles. The number of carbonyl (C=O) groups is 1. The summed E-state index contributed by atoms with van der Waals surface area (Å²) in [5, 5.41) is 3.04. The van der Waals surface area contributed by atoms with Gasteiger partial charge in [-0.05, 0) is 44.7 Å². The van der Waals surface area contributed by atoms with Crippen LogP contribution in [0.4, 0.5) is 0 Å². The van der Waals surface area contributed by atoms with Gasteiger partial charge in [0.1, 0.15) is 0 Å². The summed E-state index contributed by atoms with van der Waals surface area (Å²) in [6, 6.07) is -0.227. The van der Waals surface area contributed by atoms with Gasteiger partial charge in [-0.15, -0.1) is 0 Å². The van der Waals surface area contributed by atoms with Crippen LogP contribution in [0.2, 0.25) is 0 Å². The van der Waals surface area contributed by atoms with Gasteiger partial charge in [0.2, 0.25) is 5.91 Å². The Morgan fingerprint density at radius 3 is 2.42 bits per heavy atom. The van der Waals surface area contributed by atoms with Crippen molar-refractivity contribution in [2.24, 2.45) is 5.92 Å². The number of nitrogens with one attached hydrogen (secondary N) is 1.